The Morgan fingerprint density at radius 1 is 1.28 bits per heavy atom. The molecule has 1 saturated heterocycles. The number of fused-ring (bicyclic) bond motifs is 1. The van der Waals surface area contributed by atoms with Crippen LogP contribution in [0, 0.1) is 23.2 Å². The van der Waals surface area contributed by atoms with Crippen molar-refractivity contribution in [3.8, 4) is 0 Å². The molecule has 0 bridgehead atoms. The van der Waals surface area contributed by atoms with Crippen LogP contribution in [0.4, 0.5) is 0 Å². The summed E-state index contributed by atoms with van der Waals surface area (Å²) in [5.74, 6) is 0.423. The van der Waals surface area contributed by atoms with Crippen LogP contribution in [0.3, 0.4) is 0 Å². The first-order valence-corrected chi connectivity index (χ1v) is 7.44. The van der Waals surface area contributed by atoms with Gasteiger partial charge in [-0.25, -0.2) is 0 Å². The molecule has 3 nitrogen and oxygen atoms in total. The van der Waals surface area contributed by atoms with Crippen LogP contribution in [0.2, 0.25) is 0 Å². The lowest BCUT2D eigenvalue weighted by atomic mass is 9.56. The quantitative estimate of drug-likeness (QED) is 0.768. The summed E-state index contributed by atoms with van der Waals surface area (Å²) in [7, 11) is 0. The Balaban J connectivity index is 1.89. The van der Waals surface area contributed by atoms with Crippen LogP contribution >= 0.6 is 0 Å². The first-order valence-electron chi connectivity index (χ1n) is 7.44. The average molecular weight is 252 g/mol. The minimum Gasteiger partial charge on any atom is -0.481 e. The van der Waals surface area contributed by atoms with Crippen molar-refractivity contribution in [2.45, 2.75) is 64.6 Å². The molecular weight excluding hydrogens is 228 g/mol. The molecule has 3 heteroatoms. The second-order valence-corrected chi connectivity index (χ2v) is 6.79. The van der Waals surface area contributed by atoms with Crippen molar-refractivity contribution in [3.63, 3.8) is 0 Å². The zero-order valence-corrected chi connectivity index (χ0v) is 11.4. The summed E-state index contributed by atoms with van der Waals surface area (Å²) in [6.45, 7) is 4.07. The van der Waals surface area contributed by atoms with Gasteiger partial charge >= 0.3 is 5.97 Å². The van der Waals surface area contributed by atoms with Crippen LogP contribution in [-0.2, 0) is 9.53 Å². The number of aliphatic carboxylic acids is 1. The van der Waals surface area contributed by atoms with E-state index in [1.165, 1.54) is 32.1 Å². The summed E-state index contributed by atoms with van der Waals surface area (Å²) in [6, 6.07) is 0. The van der Waals surface area contributed by atoms with E-state index >= 15 is 0 Å². The number of carbonyl (C=O) groups is 1. The van der Waals surface area contributed by atoms with E-state index in [0.29, 0.717) is 12.0 Å². The third kappa shape index (κ3) is 1.70. The van der Waals surface area contributed by atoms with Crippen molar-refractivity contribution in [3.05, 3.63) is 0 Å². The second-order valence-electron chi connectivity index (χ2n) is 6.79. The molecule has 1 N–H and O–H groups in total. The Labute approximate surface area is 109 Å². The normalized spacial score (nSPS) is 48.6. The van der Waals surface area contributed by atoms with Crippen LogP contribution < -0.4 is 0 Å². The number of epoxide rings is 1. The summed E-state index contributed by atoms with van der Waals surface area (Å²) in [4.78, 5) is 11.8. The van der Waals surface area contributed by atoms with Crippen molar-refractivity contribution in [1.29, 1.82) is 0 Å². The van der Waals surface area contributed by atoms with Crippen LogP contribution in [-0.4, -0.2) is 23.3 Å². The van der Waals surface area contributed by atoms with E-state index in [2.05, 4.69) is 6.92 Å². The van der Waals surface area contributed by atoms with Gasteiger partial charge in [0, 0.05) is 5.92 Å². The molecule has 0 radical (unpaired) electrons. The molecule has 0 amide bonds. The van der Waals surface area contributed by atoms with Gasteiger partial charge in [0.05, 0.1) is 17.6 Å². The van der Waals surface area contributed by atoms with Crippen molar-refractivity contribution in [2.75, 3.05) is 0 Å². The van der Waals surface area contributed by atoms with E-state index in [1.807, 2.05) is 6.92 Å². The zero-order valence-electron chi connectivity index (χ0n) is 11.4. The van der Waals surface area contributed by atoms with Gasteiger partial charge in [0.1, 0.15) is 0 Å². The molecule has 1 aliphatic heterocycles. The molecule has 0 spiro atoms. The molecule has 3 fully saturated rings. The molecule has 3 rings (SSSR count). The van der Waals surface area contributed by atoms with Gasteiger partial charge in [0.2, 0.25) is 0 Å². The lowest BCUT2D eigenvalue weighted by Gasteiger charge is -2.45. The predicted molar refractivity (Wildman–Crippen MR) is 68.2 cm³/mol. The van der Waals surface area contributed by atoms with E-state index < -0.39 is 11.4 Å². The molecule has 3 aliphatic rings. The van der Waals surface area contributed by atoms with Crippen molar-refractivity contribution in [2.24, 2.45) is 23.2 Å². The fraction of sp³-hybridized carbons (Fsp3) is 0.933. The molecule has 0 aromatic carbocycles. The summed E-state index contributed by atoms with van der Waals surface area (Å²) < 4.78 is 5.80. The summed E-state index contributed by atoms with van der Waals surface area (Å²) in [5.41, 5.74) is -0.584. The first kappa shape index (κ1) is 12.5. The van der Waals surface area contributed by atoms with Crippen molar-refractivity contribution >= 4 is 5.97 Å². The molecule has 5 atom stereocenters. The monoisotopic (exact) mass is 252 g/mol. The van der Waals surface area contributed by atoms with E-state index in [0.717, 1.165) is 6.42 Å². The van der Waals surface area contributed by atoms with Gasteiger partial charge in [-0.15, -0.1) is 0 Å². The highest BCUT2D eigenvalue weighted by atomic mass is 16.6. The van der Waals surface area contributed by atoms with Crippen LogP contribution in [0.25, 0.3) is 0 Å². The molecule has 1 heterocycles. The number of ether oxygens (including phenoxy) is 1. The fourth-order valence-electron chi connectivity index (χ4n) is 4.53. The zero-order chi connectivity index (χ0) is 12.9. The number of hydrogen-bond donors (Lipinski definition) is 1. The number of carboxylic acids is 1. The lowest BCUT2D eigenvalue weighted by Crippen LogP contribution is -2.50. The number of carboxylic acid groups (broad SMARTS) is 1. The minimum atomic E-state index is -0.612. The van der Waals surface area contributed by atoms with E-state index in [1.54, 1.807) is 0 Å². The number of hydrogen-bond acceptors (Lipinski definition) is 2. The van der Waals surface area contributed by atoms with E-state index in [4.69, 9.17) is 4.74 Å². The Morgan fingerprint density at radius 3 is 2.56 bits per heavy atom. The molecule has 102 valence electrons. The third-order valence-electron chi connectivity index (χ3n) is 5.90. The number of rotatable bonds is 2. The topological polar surface area (TPSA) is 49.8 Å². The molecule has 0 aromatic rings. The molecule has 2 saturated carbocycles. The SMILES string of the molecule is CC1CC2OC2C(C2CCCCC2)C1(C)C(=O)O. The van der Waals surface area contributed by atoms with Gasteiger partial charge in [0.25, 0.3) is 0 Å². The molecule has 18 heavy (non-hydrogen) atoms. The summed E-state index contributed by atoms with van der Waals surface area (Å²) in [6.07, 6.45) is 7.78. The van der Waals surface area contributed by atoms with Gasteiger partial charge < -0.3 is 9.84 Å². The van der Waals surface area contributed by atoms with Gasteiger partial charge in [-0.05, 0) is 25.2 Å². The van der Waals surface area contributed by atoms with Gasteiger partial charge in [0.15, 0.2) is 0 Å². The van der Waals surface area contributed by atoms with Crippen LogP contribution in [0.1, 0.15) is 52.4 Å². The minimum absolute atomic E-state index is 0.227. The summed E-state index contributed by atoms with van der Waals surface area (Å²) >= 11 is 0. The Hall–Kier alpha value is -0.570. The van der Waals surface area contributed by atoms with Crippen molar-refractivity contribution in [1.82, 2.24) is 0 Å². The molecule has 5 unspecified atom stereocenters. The highest BCUT2D eigenvalue weighted by molar-refractivity contribution is 5.75. The van der Waals surface area contributed by atoms with Gasteiger partial charge in [-0.3, -0.25) is 4.79 Å². The van der Waals surface area contributed by atoms with Crippen LogP contribution in [0.5, 0.6) is 0 Å². The maximum absolute atomic E-state index is 11.8. The third-order valence-corrected chi connectivity index (χ3v) is 5.90. The standard InChI is InChI=1S/C15H24O3/c1-9-8-11-13(18-11)12(15(9,2)14(16)17)10-6-4-3-5-7-10/h9-13H,3-8H2,1-2H3,(H,16,17). The maximum Gasteiger partial charge on any atom is 0.310 e. The second kappa shape index (κ2) is 4.22. The largest absolute Gasteiger partial charge is 0.481 e. The highest BCUT2D eigenvalue weighted by Gasteiger charge is 2.63. The fourth-order valence-corrected chi connectivity index (χ4v) is 4.53. The average Bonchev–Trinajstić information content (AvgIpc) is 3.09. The molecular formula is C15H24O3. The lowest BCUT2D eigenvalue weighted by molar-refractivity contribution is -0.160. The highest BCUT2D eigenvalue weighted by Crippen LogP contribution is 2.58. The van der Waals surface area contributed by atoms with Gasteiger partial charge in [-0.2, -0.15) is 0 Å². The van der Waals surface area contributed by atoms with Crippen molar-refractivity contribution < 1.29 is 14.6 Å². The maximum atomic E-state index is 11.8. The summed E-state index contributed by atoms with van der Waals surface area (Å²) in [5, 5.41) is 9.75. The Morgan fingerprint density at radius 2 is 1.94 bits per heavy atom. The molecule has 0 aromatic heterocycles. The predicted octanol–water partition coefficient (Wildman–Crippen LogP) is 3.08. The van der Waals surface area contributed by atoms with E-state index in [9.17, 15) is 9.90 Å². The molecule has 2 aliphatic carbocycles. The van der Waals surface area contributed by atoms with Crippen LogP contribution in [0.15, 0.2) is 0 Å². The Kier molecular flexibility index (Phi) is 2.92. The first-order chi connectivity index (χ1) is 8.55. The van der Waals surface area contributed by atoms with Gasteiger partial charge in [-0.1, -0.05) is 39.0 Å². The smallest absolute Gasteiger partial charge is 0.310 e. The van der Waals surface area contributed by atoms with E-state index in [-0.39, 0.29) is 17.9 Å². The Bertz CT molecular complexity index is 348.